The Kier molecular flexibility index (Phi) is 14.5. The number of carbonyl (C=O) groups is 1. The normalized spacial score (nSPS) is 15.8. The van der Waals surface area contributed by atoms with Crippen molar-refractivity contribution in [3.63, 3.8) is 0 Å². The smallest absolute Gasteiger partial charge is 0.162 e. The maximum Gasteiger partial charge on any atom is 0.162 e. The third-order valence-electron chi connectivity index (χ3n) is 9.90. The summed E-state index contributed by atoms with van der Waals surface area (Å²) in [5.41, 5.74) is 9.67. The van der Waals surface area contributed by atoms with E-state index in [1.807, 2.05) is 0 Å². The molecule has 3 nitrogen and oxygen atoms in total. The van der Waals surface area contributed by atoms with Crippen LogP contribution in [0.1, 0.15) is 131 Å². The maximum absolute atomic E-state index is 13.2. The van der Waals surface area contributed by atoms with Crippen LogP contribution < -0.4 is 0 Å². The summed E-state index contributed by atoms with van der Waals surface area (Å²) in [5, 5.41) is 0. The van der Waals surface area contributed by atoms with Crippen LogP contribution in [0.15, 0.2) is 48.0 Å². The molecule has 1 heterocycles. The van der Waals surface area contributed by atoms with E-state index >= 15 is 0 Å². The SMILES string of the molecule is CCCCCCCCCCCCCOCC(=O)CC1=C(CC2CCN(Cc3ccccc3)CC2)Cc2cc(C)c(C)cc21. The first kappa shape index (κ1) is 33.7. The minimum Gasteiger partial charge on any atom is -0.374 e. The van der Waals surface area contributed by atoms with Crippen molar-refractivity contribution >= 4 is 11.4 Å². The third kappa shape index (κ3) is 11.3. The Balaban J connectivity index is 1.19. The predicted molar refractivity (Wildman–Crippen MR) is 183 cm³/mol. The van der Waals surface area contributed by atoms with E-state index in [1.54, 1.807) is 0 Å². The highest BCUT2D eigenvalue weighted by atomic mass is 16.5. The number of hydrogen-bond acceptors (Lipinski definition) is 3. The molecule has 1 aliphatic carbocycles. The quantitative estimate of drug-likeness (QED) is 0.145. The van der Waals surface area contributed by atoms with Crippen molar-refractivity contribution in [2.45, 2.75) is 130 Å². The van der Waals surface area contributed by atoms with Crippen LogP contribution in [0.5, 0.6) is 0 Å². The first-order valence-corrected chi connectivity index (χ1v) is 17.7. The maximum atomic E-state index is 13.2. The first-order chi connectivity index (χ1) is 21.0. The lowest BCUT2D eigenvalue weighted by atomic mass is 9.87. The molecule has 1 aliphatic heterocycles. The summed E-state index contributed by atoms with van der Waals surface area (Å²) in [6.45, 7) is 11.0. The lowest BCUT2D eigenvalue weighted by molar-refractivity contribution is -0.122. The van der Waals surface area contributed by atoms with Gasteiger partial charge in [-0.15, -0.1) is 0 Å². The second-order valence-corrected chi connectivity index (χ2v) is 13.6. The average Bonchev–Trinajstić information content (AvgIpc) is 3.32. The fourth-order valence-corrected chi connectivity index (χ4v) is 7.09. The van der Waals surface area contributed by atoms with Crippen molar-refractivity contribution in [2.75, 3.05) is 26.3 Å². The number of allylic oxidation sites excluding steroid dienone is 2. The number of carbonyl (C=O) groups excluding carboxylic acids is 1. The van der Waals surface area contributed by atoms with Gasteiger partial charge in [0.05, 0.1) is 0 Å². The number of rotatable bonds is 20. The Morgan fingerprint density at radius 3 is 2.14 bits per heavy atom. The van der Waals surface area contributed by atoms with Gasteiger partial charge >= 0.3 is 0 Å². The van der Waals surface area contributed by atoms with Crippen LogP contribution >= 0.6 is 0 Å². The van der Waals surface area contributed by atoms with Gasteiger partial charge in [0, 0.05) is 19.6 Å². The molecule has 3 heteroatoms. The van der Waals surface area contributed by atoms with Crippen molar-refractivity contribution in [1.82, 2.24) is 4.90 Å². The Labute approximate surface area is 263 Å². The molecule has 0 atom stereocenters. The number of benzene rings is 2. The average molecular weight is 586 g/mol. The van der Waals surface area contributed by atoms with E-state index in [2.05, 4.69) is 68.1 Å². The standard InChI is InChI=1S/C40H59NO2/c1-4-5-6-7-8-9-10-11-12-13-17-24-43-31-38(42)29-40-37(28-36-25-32(2)33(3)26-39(36)40)27-34-20-22-41(23-21-34)30-35-18-15-14-16-19-35/h14-16,18-19,25-26,34H,4-13,17,20-24,27-31H2,1-3H3. The van der Waals surface area contributed by atoms with Crippen LogP contribution in [0.4, 0.5) is 0 Å². The second-order valence-electron chi connectivity index (χ2n) is 13.6. The molecule has 0 bridgehead atoms. The van der Waals surface area contributed by atoms with E-state index in [4.69, 9.17) is 4.74 Å². The molecule has 4 rings (SSSR count). The molecule has 0 unspecified atom stereocenters. The molecular weight excluding hydrogens is 526 g/mol. The van der Waals surface area contributed by atoms with Crippen molar-refractivity contribution in [2.24, 2.45) is 5.92 Å². The van der Waals surface area contributed by atoms with E-state index in [-0.39, 0.29) is 12.4 Å². The molecule has 1 saturated heterocycles. The summed E-state index contributed by atoms with van der Waals surface area (Å²) >= 11 is 0. The number of nitrogens with zero attached hydrogens (tertiary/aromatic N) is 1. The largest absolute Gasteiger partial charge is 0.374 e. The number of piperidine rings is 1. The second kappa shape index (κ2) is 18.5. The van der Waals surface area contributed by atoms with Crippen LogP contribution in [0.2, 0.25) is 0 Å². The molecular formula is C40H59NO2. The zero-order chi connectivity index (χ0) is 30.3. The number of hydrogen-bond donors (Lipinski definition) is 0. The molecule has 0 spiro atoms. The Bertz CT molecular complexity index is 1140. The number of fused-ring (bicyclic) bond motifs is 1. The van der Waals surface area contributed by atoms with Gasteiger partial charge in [0.1, 0.15) is 6.61 Å². The zero-order valence-corrected chi connectivity index (χ0v) is 27.7. The van der Waals surface area contributed by atoms with Gasteiger partial charge in [-0.25, -0.2) is 0 Å². The van der Waals surface area contributed by atoms with E-state index in [1.165, 1.54) is 129 Å². The van der Waals surface area contributed by atoms with E-state index < -0.39 is 0 Å². The van der Waals surface area contributed by atoms with Crippen molar-refractivity contribution < 1.29 is 9.53 Å². The summed E-state index contributed by atoms with van der Waals surface area (Å²) in [6, 6.07) is 15.6. The Morgan fingerprint density at radius 1 is 0.837 bits per heavy atom. The van der Waals surface area contributed by atoms with Crippen LogP contribution in [0.3, 0.4) is 0 Å². The van der Waals surface area contributed by atoms with Gasteiger partial charge in [-0.3, -0.25) is 9.69 Å². The summed E-state index contributed by atoms with van der Waals surface area (Å²) in [4.78, 5) is 15.8. The summed E-state index contributed by atoms with van der Waals surface area (Å²) in [5.74, 6) is 0.945. The molecule has 2 aromatic rings. The molecule has 0 radical (unpaired) electrons. The highest BCUT2D eigenvalue weighted by Gasteiger charge is 2.27. The van der Waals surface area contributed by atoms with Gasteiger partial charge in [-0.2, -0.15) is 0 Å². The third-order valence-corrected chi connectivity index (χ3v) is 9.90. The molecule has 0 amide bonds. The lowest BCUT2D eigenvalue weighted by Crippen LogP contribution is -2.33. The molecule has 1 fully saturated rings. The molecule has 43 heavy (non-hydrogen) atoms. The van der Waals surface area contributed by atoms with E-state index in [0.717, 1.165) is 25.8 Å². The minimum absolute atomic E-state index is 0.235. The topological polar surface area (TPSA) is 29.5 Å². The lowest BCUT2D eigenvalue weighted by Gasteiger charge is -2.32. The zero-order valence-electron chi connectivity index (χ0n) is 27.7. The molecule has 0 aromatic heterocycles. The number of ketones is 1. The number of ether oxygens (including phenoxy) is 1. The van der Waals surface area contributed by atoms with Crippen molar-refractivity contribution in [1.29, 1.82) is 0 Å². The molecule has 2 aliphatic rings. The number of likely N-dealkylation sites (tertiary alicyclic amines) is 1. The Hall–Kier alpha value is -2.23. The van der Waals surface area contributed by atoms with Gasteiger partial charge < -0.3 is 4.74 Å². The van der Waals surface area contributed by atoms with Gasteiger partial charge in [-0.05, 0) is 98.3 Å². The molecule has 0 N–H and O–H groups in total. The van der Waals surface area contributed by atoms with E-state index in [0.29, 0.717) is 18.9 Å². The fraction of sp³-hybridized carbons (Fsp3) is 0.625. The first-order valence-electron chi connectivity index (χ1n) is 17.7. The monoisotopic (exact) mass is 585 g/mol. The highest BCUT2D eigenvalue weighted by Crippen LogP contribution is 2.41. The van der Waals surface area contributed by atoms with Crippen molar-refractivity contribution in [3.8, 4) is 0 Å². The summed E-state index contributed by atoms with van der Waals surface area (Å²) in [6.07, 6.45) is 19.8. The van der Waals surface area contributed by atoms with Crippen LogP contribution in [0, 0.1) is 19.8 Å². The predicted octanol–water partition coefficient (Wildman–Crippen LogP) is 10.2. The highest BCUT2D eigenvalue weighted by molar-refractivity contribution is 5.94. The van der Waals surface area contributed by atoms with Gasteiger partial charge in [0.2, 0.25) is 0 Å². The molecule has 2 aromatic carbocycles. The number of aryl methyl sites for hydroxylation is 2. The minimum atomic E-state index is 0.235. The van der Waals surface area contributed by atoms with Crippen molar-refractivity contribution in [3.05, 3.63) is 75.9 Å². The number of Topliss-reactive ketones (excluding diaryl/α,β-unsaturated/α-hetero) is 1. The van der Waals surface area contributed by atoms with Crippen LogP contribution in [-0.2, 0) is 22.5 Å². The van der Waals surface area contributed by atoms with E-state index in [9.17, 15) is 4.79 Å². The fourth-order valence-electron chi connectivity index (χ4n) is 7.09. The number of unbranched alkanes of at least 4 members (excludes halogenated alkanes) is 10. The van der Waals surface area contributed by atoms with Gasteiger partial charge in [0.25, 0.3) is 0 Å². The van der Waals surface area contributed by atoms with Crippen LogP contribution in [0.25, 0.3) is 5.57 Å². The molecule has 236 valence electrons. The van der Waals surface area contributed by atoms with Crippen LogP contribution in [-0.4, -0.2) is 37.0 Å². The summed E-state index contributed by atoms with van der Waals surface area (Å²) < 4.78 is 5.89. The van der Waals surface area contributed by atoms with Gasteiger partial charge in [0.15, 0.2) is 5.78 Å². The summed E-state index contributed by atoms with van der Waals surface area (Å²) in [7, 11) is 0. The molecule has 0 saturated carbocycles. The Morgan fingerprint density at radius 2 is 1.47 bits per heavy atom. The van der Waals surface area contributed by atoms with Gasteiger partial charge in [-0.1, -0.05) is 119 Å².